The summed E-state index contributed by atoms with van der Waals surface area (Å²) in [6.45, 7) is 0. The van der Waals surface area contributed by atoms with Gasteiger partial charge in [-0.1, -0.05) is 194 Å². The molecule has 0 bridgehead atoms. The molecule has 0 fully saturated rings. The average Bonchev–Trinajstić information content (AvgIpc) is 3.76. The molecule has 9 aromatic carbocycles. The molecular weight excluding hydrogens is 769 g/mol. The Balaban J connectivity index is 0.942. The van der Waals surface area contributed by atoms with E-state index in [1.165, 1.54) is 5.56 Å². The summed E-state index contributed by atoms with van der Waals surface area (Å²) in [6, 6.07) is 75.8. The summed E-state index contributed by atoms with van der Waals surface area (Å²) in [5.74, 6) is 1.87. The number of fused-ring (bicyclic) bond motifs is 6. The fraction of sp³-hybridized carbons (Fsp3) is 0. The van der Waals surface area contributed by atoms with E-state index in [4.69, 9.17) is 24.4 Å². The van der Waals surface area contributed by atoms with E-state index in [1.807, 2.05) is 48.5 Å². The van der Waals surface area contributed by atoms with Crippen LogP contribution in [0.5, 0.6) is 0 Å². The van der Waals surface area contributed by atoms with Crippen molar-refractivity contribution in [2.24, 2.45) is 0 Å². The third-order valence-electron chi connectivity index (χ3n) is 11.9. The molecule has 0 aliphatic rings. The summed E-state index contributed by atoms with van der Waals surface area (Å²) < 4.78 is 6.62. The van der Waals surface area contributed by atoms with Crippen LogP contribution in [0.15, 0.2) is 223 Å². The Morgan fingerprint density at radius 1 is 0.302 bits per heavy atom. The summed E-state index contributed by atoms with van der Waals surface area (Å²) in [7, 11) is 0. The van der Waals surface area contributed by atoms with Crippen molar-refractivity contribution >= 4 is 43.6 Å². The van der Waals surface area contributed by atoms with Crippen LogP contribution in [0, 0.1) is 0 Å². The van der Waals surface area contributed by atoms with E-state index in [-0.39, 0.29) is 0 Å². The van der Waals surface area contributed by atoms with Crippen LogP contribution in [0.4, 0.5) is 0 Å². The molecule has 0 atom stereocenters. The Kier molecular flexibility index (Phi) is 8.75. The van der Waals surface area contributed by atoms with Crippen molar-refractivity contribution in [3.05, 3.63) is 218 Å². The van der Waals surface area contributed by atoms with Gasteiger partial charge in [-0.3, -0.25) is 0 Å². The molecule has 0 aliphatic carbocycles. The Morgan fingerprint density at radius 3 is 1.51 bits per heavy atom. The molecule has 0 radical (unpaired) electrons. The topological polar surface area (TPSA) is 64.7 Å². The maximum atomic E-state index is 6.62. The summed E-state index contributed by atoms with van der Waals surface area (Å²) in [5.41, 5.74) is 13.9. The minimum Gasteiger partial charge on any atom is -0.454 e. The number of furan rings is 1. The van der Waals surface area contributed by atoms with Crippen molar-refractivity contribution in [1.29, 1.82) is 0 Å². The van der Waals surface area contributed by atoms with Crippen LogP contribution in [0.1, 0.15) is 0 Å². The Bertz CT molecular complexity index is 3670. The molecule has 0 saturated carbocycles. The standard InChI is InChI=1S/C58H36N4O/c1-3-14-37(15-4-1)38-28-30-41(31-29-38)57-60-56(40-17-5-2-6-18-40)61-58(62-57)46-23-12-22-44(35-46)42-20-11-21-43(34-42)45-32-33-49-51(36-45)59-54(48-26-13-19-39-16-7-8-24-47(39)48)55-53(49)50-25-9-10-27-52(50)63-55/h1-36H. The van der Waals surface area contributed by atoms with E-state index >= 15 is 0 Å². The number of benzene rings is 9. The van der Waals surface area contributed by atoms with E-state index < -0.39 is 0 Å². The first-order chi connectivity index (χ1) is 31.2. The molecule has 0 spiro atoms. The second-order valence-corrected chi connectivity index (χ2v) is 15.8. The lowest BCUT2D eigenvalue weighted by molar-refractivity contribution is 0.669. The average molecular weight is 805 g/mol. The highest BCUT2D eigenvalue weighted by Crippen LogP contribution is 2.42. The third-order valence-corrected chi connectivity index (χ3v) is 11.9. The molecule has 0 saturated heterocycles. The Morgan fingerprint density at radius 2 is 0.778 bits per heavy atom. The predicted octanol–water partition coefficient (Wildman–Crippen LogP) is 15.1. The normalized spacial score (nSPS) is 11.5. The lowest BCUT2D eigenvalue weighted by Crippen LogP contribution is -2.00. The molecule has 5 nitrogen and oxygen atoms in total. The largest absolute Gasteiger partial charge is 0.454 e. The summed E-state index contributed by atoms with van der Waals surface area (Å²) in [6.07, 6.45) is 0. The van der Waals surface area contributed by atoms with Crippen molar-refractivity contribution in [3.63, 3.8) is 0 Å². The summed E-state index contributed by atoms with van der Waals surface area (Å²) in [5, 5.41) is 5.53. The molecular formula is C58H36N4O. The van der Waals surface area contributed by atoms with Gasteiger partial charge in [0.1, 0.15) is 11.3 Å². The lowest BCUT2D eigenvalue weighted by Gasteiger charge is -2.12. The molecule has 294 valence electrons. The first-order valence-electron chi connectivity index (χ1n) is 21.1. The van der Waals surface area contributed by atoms with Crippen molar-refractivity contribution in [3.8, 4) is 78.8 Å². The lowest BCUT2D eigenvalue weighted by atomic mass is 9.95. The molecule has 0 aliphatic heterocycles. The zero-order valence-corrected chi connectivity index (χ0v) is 34.0. The van der Waals surface area contributed by atoms with Crippen molar-refractivity contribution in [2.45, 2.75) is 0 Å². The van der Waals surface area contributed by atoms with E-state index in [2.05, 4.69) is 170 Å². The van der Waals surface area contributed by atoms with Gasteiger partial charge in [-0.05, 0) is 68.4 Å². The van der Waals surface area contributed by atoms with E-state index in [1.54, 1.807) is 0 Å². The number of aromatic nitrogens is 4. The smallest absolute Gasteiger partial charge is 0.164 e. The maximum Gasteiger partial charge on any atom is 0.164 e. The van der Waals surface area contributed by atoms with Gasteiger partial charge in [0.25, 0.3) is 0 Å². The fourth-order valence-corrected chi connectivity index (χ4v) is 8.79. The highest BCUT2D eigenvalue weighted by molar-refractivity contribution is 6.22. The molecule has 12 aromatic rings. The predicted molar refractivity (Wildman–Crippen MR) is 258 cm³/mol. The zero-order valence-electron chi connectivity index (χ0n) is 34.0. The van der Waals surface area contributed by atoms with Crippen LogP contribution < -0.4 is 0 Å². The zero-order chi connectivity index (χ0) is 41.7. The Hall–Kier alpha value is -8.54. The van der Waals surface area contributed by atoms with Gasteiger partial charge in [-0.2, -0.15) is 0 Å². The van der Waals surface area contributed by atoms with E-state index in [0.717, 1.165) is 99.4 Å². The number of nitrogens with zero attached hydrogens (tertiary/aromatic N) is 4. The molecule has 63 heavy (non-hydrogen) atoms. The van der Waals surface area contributed by atoms with Crippen molar-refractivity contribution < 1.29 is 4.42 Å². The molecule has 3 aromatic heterocycles. The van der Waals surface area contributed by atoms with Gasteiger partial charge in [0.15, 0.2) is 23.1 Å². The van der Waals surface area contributed by atoms with Crippen LogP contribution in [-0.4, -0.2) is 19.9 Å². The number of para-hydroxylation sites is 1. The second kappa shape index (κ2) is 15.2. The van der Waals surface area contributed by atoms with Gasteiger partial charge in [0.2, 0.25) is 0 Å². The maximum absolute atomic E-state index is 6.62. The minimum atomic E-state index is 0.615. The van der Waals surface area contributed by atoms with E-state index in [0.29, 0.717) is 17.5 Å². The number of hydrogen-bond acceptors (Lipinski definition) is 5. The number of rotatable bonds is 7. The van der Waals surface area contributed by atoms with Gasteiger partial charge in [0.05, 0.1) is 5.52 Å². The van der Waals surface area contributed by atoms with Crippen LogP contribution in [0.2, 0.25) is 0 Å². The molecule has 12 rings (SSSR count). The van der Waals surface area contributed by atoms with Crippen molar-refractivity contribution in [2.75, 3.05) is 0 Å². The van der Waals surface area contributed by atoms with Crippen LogP contribution in [0.3, 0.4) is 0 Å². The molecule has 0 amide bonds. The number of hydrogen-bond donors (Lipinski definition) is 0. The monoisotopic (exact) mass is 804 g/mol. The highest BCUT2D eigenvalue weighted by atomic mass is 16.3. The Labute approximate surface area is 363 Å². The summed E-state index contributed by atoms with van der Waals surface area (Å²) in [4.78, 5) is 20.5. The van der Waals surface area contributed by atoms with Crippen LogP contribution >= 0.6 is 0 Å². The third kappa shape index (κ3) is 6.60. The fourth-order valence-electron chi connectivity index (χ4n) is 8.79. The van der Waals surface area contributed by atoms with Crippen molar-refractivity contribution in [1.82, 2.24) is 19.9 Å². The van der Waals surface area contributed by atoms with Gasteiger partial charge in [0, 0.05) is 38.4 Å². The first-order valence-corrected chi connectivity index (χ1v) is 21.1. The SMILES string of the molecule is c1ccc(-c2ccc(-c3nc(-c4ccccc4)nc(-c4cccc(-c5cccc(-c6ccc7c(c6)nc(-c6cccc8ccccc68)c6oc8ccccc8c67)c5)c4)n3)cc2)cc1. The summed E-state index contributed by atoms with van der Waals surface area (Å²) >= 11 is 0. The van der Waals surface area contributed by atoms with Gasteiger partial charge in [-0.15, -0.1) is 0 Å². The number of pyridine rings is 1. The molecule has 0 unspecified atom stereocenters. The van der Waals surface area contributed by atoms with Crippen LogP contribution in [0.25, 0.3) is 122 Å². The second-order valence-electron chi connectivity index (χ2n) is 15.8. The molecule has 3 heterocycles. The van der Waals surface area contributed by atoms with Crippen LogP contribution in [-0.2, 0) is 0 Å². The molecule has 0 N–H and O–H groups in total. The highest BCUT2D eigenvalue weighted by Gasteiger charge is 2.20. The van der Waals surface area contributed by atoms with Gasteiger partial charge in [-0.25, -0.2) is 19.9 Å². The van der Waals surface area contributed by atoms with Gasteiger partial charge < -0.3 is 4.42 Å². The minimum absolute atomic E-state index is 0.615. The molecule has 5 heteroatoms. The quantitative estimate of drug-likeness (QED) is 0.161. The first kappa shape index (κ1) is 36.3. The van der Waals surface area contributed by atoms with Gasteiger partial charge >= 0.3 is 0 Å². The van der Waals surface area contributed by atoms with E-state index in [9.17, 15) is 0 Å².